The van der Waals surface area contributed by atoms with E-state index in [1.165, 1.54) is 11.3 Å². The van der Waals surface area contributed by atoms with Gasteiger partial charge >= 0.3 is 5.97 Å². The van der Waals surface area contributed by atoms with E-state index in [9.17, 15) is 13.2 Å². The second kappa shape index (κ2) is 5.39. The summed E-state index contributed by atoms with van der Waals surface area (Å²) in [5.41, 5.74) is 0.757. The number of thiazole rings is 1. The van der Waals surface area contributed by atoms with Gasteiger partial charge in [0.15, 0.2) is 14.8 Å². The van der Waals surface area contributed by atoms with Crippen molar-refractivity contribution in [2.75, 3.05) is 18.1 Å². The van der Waals surface area contributed by atoms with Gasteiger partial charge in [-0.2, -0.15) is 0 Å². The summed E-state index contributed by atoms with van der Waals surface area (Å²) in [5.74, 6) is -0.797. The highest BCUT2D eigenvalue weighted by Crippen LogP contribution is 2.20. The van der Waals surface area contributed by atoms with E-state index < -0.39 is 15.8 Å². The molecule has 1 fully saturated rings. The third-order valence-electron chi connectivity index (χ3n) is 3.57. The third kappa shape index (κ3) is 3.25. The van der Waals surface area contributed by atoms with Gasteiger partial charge in [0.2, 0.25) is 0 Å². The zero-order valence-corrected chi connectivity index (χ0v) is 12.8. The van der Waals surface area contributed by atoms with E-state index in [0.29, 0.717) is 13.0 Å². The number of carboxylic acid groups (broad SMARTS) is 1. The fourth-order valence-electron chi connectivity index (χ4n) is 2.61. The summed E-state index contributed by atoms with van der Waals surface area (Å²) in [7, 11) is -3.04. The SMILES string of the molecule is O=C(O)CN(Cc1cn2ccsc2n1)C1CCS(=O)(=O)C1. The predicted molar refractivity (Wildman–Crippen MR) is 78.2 cm³/mol. The highest BCUT2D eigenvalue weighted by Gasteiger charge is 2.33. The number of aliphatic carboxylic acids is 1. The van der Waals surface area contributed by atoms with Crippen molar-refractivity contribution >= 4 is 32.1 Å². The molecule has 0 amide bonds. The maximum atomic E-state index is 11.6. The lowest BCUT2D eigenvalue weighted by Gasteiger charge is -2.25. The average molecular weight is 329 g/mol. The first kappa shape index (κ1) is 14.5. The molecule has 0 saturated carbocycles. The van der Waals surface area contributed by atoms with Crippen LogP contribution in [0.2, 0.25) is 0 Å². The normalized spacial score (nSPS) is 21.3. The van der Waals surface area contributed by atoms with Gasteiger partial charge in [-0.15, -0.1) is 11.3 Å². The number of carbonyl (C=O) groups is 1. The molecule has 3 heterocycles. The van der Waals surface area contributed by atoms with Crippen molar-refractivity contribution in [2.24, 2.45) is 0 Å². The van der Waals surface area contributed by atoms with Crippen molar-refractivity contribution in [3.63, 3.8) is 0 Å². The van der Waals surface area contributed by atoms with Crippen molar-refractivity contribution in [3.8, 4) is 0 Å². The van der Waals surface area contributed by atoms with Gasteiger partial charge < -0.3 is 5.11 Å². The van der Waals surface area contributed by atoms with Gasteiger partial charge in [-0.25, -0.2) is 13.4 Å². The van der Waals surface area contributed by atoms with E-state index in [2.05, 4.69) is 4.98 Å². The lowest BCUT2D eigenvalue weighted by Crippen LogP contribution is -2.39. The van der Waals surface area contributed by atoms with Gasteiger partial charge in [-0.1, -0.05) is 0 Å². The van der Waals surface area contributed by atoms with E-state index in [4.69, 9.17) is 5.11 Å². The lowest BCUT2D eigenvalue weighted by molar-refractivity contribution is -0.139. The highest BCUT2D eigenvalue weighted by molar-refractivity contribution is 7.91. The number of aromatic nitrogens is 2. The van der Waals surface area contributed by atoms with Gasteiger partial charge in [0.05, 0.1) is 23.7 Å². The molecule has 1 N–H and O–H groups in total. The van der Waals surface area contributed by atoms with Crippen LogP contribution in [0.25, 0.3) is 4.96 Å². The van der Waals surface area contributed by atoms with E-state index >= 15 is 0 Å². The first-order chi connectivity index (χ1) is 9.93. The largest absolute Gasteiger partial charge is 0.480 e. The fourth-order valence-corrected chi connectivity index (χ4v) is 5.09. The van der Waals surface area contributed by atoms with Gasteiger partial charge in [-0.05, 0) is 6.42 Å². The Hall–Kier alpha value is -1.45. The molecule has 1 saturated heterocycles. The summed E-state index contributed by atoms with van der Waals surface area (Å²) >= 11 is 1.50. The summed E-state index contributed by atoms with van der Waals surface area (Å²) in [5, 5.41) is 11.0. The Bertz CT molecular complexity index is 736. The highest BCUT2D eigenvalue weighted by atomic mass is 32.2. The maximum absolute atomic E-state index is 11.6. The molecular weight excluding hydrogens is 314 g/mol. The van der Waals surface area contributed by atoms with Gasteiger partial charge in [-0.3, -0.25) is 14.1 Å². The number of carboxylic acids is 1. The second-order valence-electron chi connectivity index (χ2n) is 5.18. The van der Waals surface area contributed by atoms with Crippen LogP contribution in [0.3, 0.4) is 0 Å². The molecular formula is C12H15N3O4S2. The summed E-state index contributed by atoms with van der Waals surface area (Å²) in [6.07, 6.45) is 4.22. The van der Waals surface area contributed by atoms with Crippen LogP contribution in [0.5, 0.6) is 0 Å². The molecule has 9 heteroatoms. The van der Waals surface area contributed by atoms with Crippen molar-refractivity contribution in [1.82, 2.24) is 14.3 Å². The minimum absolute atomic E-state index is 0.0303. The van der Waals surface area contributed by atoms with Crippen molar-refractivity contribution in [2.45, 2.75) is 19.0 Å². The molecule has 114 valence electrons. The Morgan fingerprint density at radius 1 is 1.57 bits per heavy atom. The fraction of sp³-hybridized carbons (Fsp3) is 0.500. The standard InChI is InChI=1S/C12H15N3O4S2/c16-11(17)7-15(10-1-4-21(18,19)8-10)6-9-5-14-2-3-20-12(14)13-9/h2-3,5,10H,1,4,6-8H2,(H,16,17). The second-order valence-corrected chi connectivity index (χ2v) is 8.28. The smallest absolute Gasteiger partial charge is 0.317 e. The molecule has 2 aromatic heterocycles. The molecule has 1 aliphatic rings. The molecule has 0 aliphatic carbocycles. The topological polar surface area (TPSA) is 92.0 Å². The van der Waals surface area contributed by atoms with Crippen LogP contribution in [0, 0.1) is 0 Å². The van der Waals surface area contributed by atoms with E-state index in [-0.39, 0.29) is 24.1 Å². The maximum Gasteiger partial charge on any atom is 0.317 e. The molecule has 0 spiro atoms. The molecule has 1 aliphatic heterocycles. The van der Waals surface area contributed by atoms with Crippen LogP contribution in [-0.2, 0) is 21.2 Å². The van der Waals surface area contributed by atoms with Gasteiger partial charge in [0.25, 0.3) is 0 Å². The van der Waals surface area contributed by atoms with E-state index in [1.807, 2.05) is 22.2 Å². The molecule has 0 aromatic carbocycles. The number of rotatable bonds is 5. The molecule has 1 unspecified atom stereocenters. The first-order valence-corrected chi connectivity index (χ1v) is 9.20. The molecule has 7 nitrogen and oxygen atoms in total. The van der Waals surface area contributed by atoms with E-state index in [0.717, 1.165) is 10.7 Å². The zero-order valence-electron chi connectivity index (χ0n) is 11.2. The van der Waals surface area contributed by atoms with Crippen LogP contribution in [0.4, 0.5) is 0 Å². The zero-order chi connectivity index (χ0) is 15.0. The van der Waals surface area contributed by atoms with Crippen LogP contribution < -0.4 is 0 Å². The van der Waals surface area contributed by atoms with Crippen LogP contribution >= 0.6 is 11.3 Å². The Kier molecular flexibility index (Phi) is 3.72. The minimum atomic E-state index is -3.04. The molecule has 3 rings (SSSR count). The molecule has 1 atom stereocenters. The Balaban J connectivity index is 1.79. The predicted octanol–water partition coefficient (Wildman–Crippen LogP) is 0.470. The first-order valence-electron chi connectivity index (χ1n) is 6.50. The number of nitrogens with zero attached hydrogens (tertiary/aromatic N) is 3. The van der Waals surface area contributed by atoms with Crippen LogP contribution in [0.1, 0.15) is 12.1 Å². The van der Waals surface area contributed by atoms with Crippen molar-refractivity contribution in [3.05, 3.63) is 23.5 Å². The third-order valence-corrected chi connectivity index (χ3v) is 6.09. The lowest BCUT2D eigenvalue weighted by atomic mass is 10.2. The molecule has 2 aromatic rings. The Labute approximate surface area is 125 Å². The number of fused-ring (bicyclic) bond motifs is 1. The van der Waals surface area contributed by atoms with Gasteiger partial charge in [0.1, 0.15) is 0 Å². The monoisotopic (exact) mass is 329 g/mol. The van der Waals surface area contributed by atoms with Crippen molar-refractivity contribution in [1.29, 1.82) is 0 Å². The average Bonchev–Trinajstić information content (AvgIpc) is 3.01. The number of imidazole rings is 1. The van der Waals surface area contributed by atoms with Crippen molar-refractivity contribution < 1.29 is 18.3 Å². The molecule has 0 bridgehead atoms. The quantitative estimate of drug-likeness (QED) is 0.857. The molecule has 21 heavy (non-hydrogen) atoms. The summed E-state index contributed by atoms with van der Waals surface area (Å²) in [6.45, 7) is 0.173. The number of hydrogen-bond acceptors (Lipinski definition) is 6. The number of sulfone groups is 1. The van der Waals surface area contributed by atoms with E-state index in [1.54, 1.807) is 4.90 Å². The number of hydrogen-bond donors (Lipinski definition) is 1. The van der Waals surface area contributed by atoms with Crippen LogP contribution in [-0.4, -0.2) is 57.9 Å². The summed E-state index contributed by atoms with van der Waals surface area (Å²) in [4.78, 5) is 18.0. The summed E-state index contributed by atoms with van der Waals surface area (Å²) < 4.78 is 25.1. The summed E-state index contributed by atoms with van der Waals surface area (Å²) in [6, 6.07) is -0.245. The molecule has 0 radical (unpaired) electrons. The minimum Gasteiger partial charge on any atom is -0.480 e. The Morgan fingerprint density at radius 2 is 2.38 bits per heavy atom. The Morgan fingerprint density at radius 3 is 3.00 bits per heavy atom. The van der Waals surface area contributed by atoms with Crippen LogP contribution in [0.15, 0.2) is 17.8 Å². The van der Waals surface area contributed by atoms with Gasteiger partial charge in [0, 0.05) is 30.4 Å².